The lowest BCUT2D eigenvalue weighted by molar-refractivity contribution is 0.0716. The molecule has 0 saturated carbocycles. The predicted octanol–water partition coefficient (Wildman–Crippen LogP) is 2.18. The molecule has 0 radical (unpaired) electrons. The Morgan fingerprint density at radius 1 is 1.44 bits per heavy atom. The molecule has 0 aliphatic carbocycles. The number of hydrogen-bond acceptors (Lipinski definition) is 3. The van der Waals surface area contributed by atoms with E-state index in [1.807, 2.05) is 19.1 Å². The van der Waals surface area contributed by atoms with E-state index in [0.717, 1.165) is 31.0 Å². The van der Waals surface area contributed by atoms with Gasteiger partial charge in [0.05, 0.1) is 6.54 Å². The monoisotopic (exact) mass is 223 g/mol. The Kier molecular flexibility index (Phi) is 3.66. The molecule has 0 amide bonds. The summed E-state index contributed by atoms with van der Waals surface area (Å²) < 4.78 is 5.60. The van der Waals surface area contributed by atoms with Crippen molar-refractivity contribution in [3.8, 4) is 0 Å². The van der Waals surface area contributed by atoms with E-state index in [4.69, 9.17) is 4.42 Å². The minimum absolute atomic E-state index is 0.306. The maximum Gasteiger partial charge on any atom is 0.118 e. The van der Waals surface area contributed by atoms with Crippen molar-refractivity contribution in [3.05, 3.63) is 23.7 Å². The minimum Gasteiger partial charge on any atom is -0.465 e. The molecule has 1 aromatic rings. The van der Waals surface area contributed by atoms with Crippen LogP contribution < -0.4 is 0 Å². The molecule has 3 heteroatoms. The van der Waals surface area contributed by atoms with Crippen molar-refractivity contribution in [2.75, 3.05) is 13.2 Å². The summed E-state index contributed by atoms with van der Waals surface area (Å²) in [5, 5.41) is 9.22. The molecule has 2 heterocycles. The fraction of sp³-hybridized carbons (Fsp3) is 0.692. The highest BCUT2D eigenvalue weighted by atomic mass is 16.3. The largest absolute Gasteiger partial charge is 0.465 e. The maximum absolute atomic E-state index is 9.22. The Labute approximate surface area is 97.1 Å². The van der Waals surface area contributed by atoms with Crippen LogP contribution in [-0.4, -0.2) is 29.2 Å². The van der Waals surface area contributed by atoms with Crippen LogP contribution in [0, 0.1) is 12.8 Å². The first-order chi connectivity index (χ1) is 7.69. The molecule has 2 atom stereocenters. The molecule has 2 unspecified atom stereocenters. The van der Waals surface area contributed by atoms with Gasteiger partial charge in [-0.15, -0.1) is 0 Å². The lowest BCUT2D eigenvalue weighted by atomic mass is 9.94. The zero-order valence-electron chi connectivity index (χ0n) is 10.1. The first kappa shape index (κ1) is 11.7. The van der Waals surface area contributed by atoms with Crippen molar-refractivity contribution in [1.82, 2.24) is 4.90 Å². The molecule has 1 N–H and O–H groups in total. The van der Waals surface area contributed by atoms with Crippen LogP contribution in [0.1, 0.15) is 31.3 Å². The third kappa shape index (κ3) is 2.66. The zero-order chi connectivity index (χ0) is 11.5. The molecule has 16 heavy (non-hydrogen) atoms. The standard InChI is InChI=1S/C13H21NO2/c1-10-3-5-12(9-15)7-14(10)8-13-6-4-11(2)16-13/h4,6,10,12,15H,3,5,7-9H2,1-2H3. The van der Waals surface area contributed by atoms with Gasteiger partial charge in [0, 0.05) is 19.2 Å². The third-order valence-electron chi connectivity index (χ3n) is 3.52. The summed E-state index contributed by atoms with van der Waals surface area (Å²) in [5.41, 5.74) is 0. The second-order valence-electron chi connectivity index (χ2n) is 4.92. The number of aliphatic hydroxyl groups is 1. The highest BCUT2D eigenvalue weighted by Crippen LogP contribution is 2.23. The number of hydrogen-bond donors (Lipinski definition) is 1. The number of rotatable bonds is 3. The lowest BCUT2D eigenvalue weighted by Gasteiger charge is -2.36. The topological polar surface area (TPSA) is 36.6 Å². The highest BCUT2D eigenvalue weighted by Gasteiger charge is 2.25. The van der Waals surface area contributed by atoms with E-state index in [-0.39, 0.29) is 0 Å². The number of piperidine rings is 1. The summed E-state index contributed by atoms with van der Waals surface area (Å²) in [7, 11) is 0. The first-order valence-electron chi connectivity index (χ1n) is 6.09. The number of nitrogens with zero attached hydrogens (tertiary/aromatic N) is 1. The summed E-state index contributed by atoms with van der Waals surface area (Å²) in [6.07, 6.45) is 2.32. The van der Waals surface area contributed by atoms with E-state index >= 15 is 0 Å². The Morgan fingerprint density at radius 3 is 2.88 bits per heavy atom. The molecule has 1 fully saturated rings. The molecule has 2 rings (SSSR count). The van der Waals surface area contributed by atoms with Crippen LogP contribution in [0.2, 0.25) is 0 Å². The van der Waals surface area contributed by atoms with Crippen LogP contribution in [0.3, 0.4) is 0 Å². The van der Waals surface area contributed by atoms with E-state index in [2.05, 4.69) is 11.8 Å². The van der Waals surface area contributed by atoms with Gasteiger partial charge in [-0.05, 0) is 44.7 Å². The van der Waals surface area contributed by atoms with Gasteiger partial charge in [-0.3, -0.25) is 4.90 Å². The Hall–Kier alpha value is -0.800. The van der Waals surface area contributed by atoms with Gasteiger partial charge in [0.2, 0.25) is 0 Å². The van der Waals surface area contributed by atoms with Crippen LogP contribution in [0.5, 0.6) is 0 Å². The van der Waals surface area contributed by atoms with Crippen LogP contribution in [0.25, 0.3) is 0 Å². The molecule has 0 aromatic carbocycles. The summed E-state index contributed by atoms with van der Waals surface area (Å²) in [6.45, 7) is 6.38. The van der Waals surface area contributed by atoms with Crippen LogP contribution >= 0.6 is 0 Å². The van der Waals surface area contributed by atoms with Crippen molar-refractivity contribution >= 4 is 0 Å². The zero-order valence-corrected chi connectivity index (χ0v) is 10.1. The van der Waals surface area contributed by atoms with Gasteiger partial charge < -0.3 is 9.52 Å². The third-order valence-corrected chi connectivity index (χ3v) is 3.52. The van der Waals surface area contributed by atoms with Crippen molar-refractivity contribution in [1.29, 1.82) is 0 Å². The number of aliphatic hydroxyl groups excluding tert-OH is 1. The highest BCUT2D eigenvalue weighted by molar-refractivity contribution is 5.05. The molecule has 1 aliphatic heterocycles. The molecule has 90 valence electrons. The second-order valence-corrected chi connectivity index (χ2v) is 4.92. The van der Waals surface area contributed by atoms with Gasteiger partial charge in [0.25, 0.3) is 0 Å². The average molecular weight is 223 g/mol. The van der Waals surface area contributed by atoms with Crippen LogP contribution in [0.15, 0.2) is 16.5 Å². The van der Waals surface area contributed by atoms with Gasteiger partial charge in [-0.25, -0.2) is 0 Å². The molecule has 1 aromatic heterocycles. The summed E-state index contributed by atoms with van der Waals surface area (Å²) >= 11 is 0. The SMILES string of the molecule is Cc1ccc(CN2CC(CO)CCC2C)o1. The average Bonchev–Trinajstić information content (AvgIpc) is 2.67. The van der Waals surface area contributed by atoms with E-state index in [1.165, 1.54) is 6.42 Å². The number of furan rings is 1. The van der Waals surface area contributed by atoms with Crippen molar-refractivity contribution in [2.24, 2.45) is 5.92 Å². The smallest absolute Gasteiger partial charge is 0.118 e. The summed E-state index contributed by atoms with van der Waals surface area (Å²) in [4.78, 5) is 2.41. The van der Waals surface area contributed by atoms with Gasteiger partial charge in [-0.1, -0.05) is 0 Å². The quantitative estimate of drug-likeness (QED) is 0.853. The molecule has 1 aliphatic rings. The maximum atomic E-state index is 9.22. The molecule has 0 bridgehead atoms. The van der Waals surface area contributed by atoms with Crippen molar-refractivity contribution in [3.63, 3.8) is 0 Å². The normalized spacial score (nSPS) is 27.2. The van der Waals surface area contributed by atoms with Crippen molar-refractivity contribution in [2.45, 2.75) is 39.3 Å². The minimum atomic E-state index is 0.306. The molecule has 0 spiro atoms. The van der Waals surface area contributed by atoms with Crippen LogP contribution in [-0.2, 0) is 6.54 Å². The van der Waals surface area contributed by atoms with E-state index in [0.29, 0.717) is 18.6 Å². The summed E-state index contributed by atoms with van der Waals surface area (Å²) in [5.74, 6) is 2.44. The second kappa shape index (κ2) is 5.02. The van der Waals surface area contributed by atoms with Gasteiger partial charge in [-0.2, -0.15) is 0 Å². The van der Waals surface area contributed by atoms with Crippen LogP contribution in [0.4, 0.5) is 0 Å². The number of aryl methyl sites for hydroxylation is 1. The van der Waals surface area contributed by atoms with Gasteiger partial charge >= 0.3 is 0 Å². The molecule has 1 saturated heterocycles. The fourth-order valence-corrected chi connectivity index (χ4v) is 2.40. The first-order valence-corrected chi connectivity index (χ1v) is 6.09. The molecule has 3 nitrogen and oxygen atoms in total. The van der Waals surface area contributed by atoms with E-state index in [9.17, 15) is 5.11 Å². The predicted molar refractivity (Wildman–Crippen MR) is 63.1 cm³/mol. The Bertz CT molecular complexity index is 334. The fourth-order valence-electron chi connectivity index (χ4n) is 2.40. The van der Waals surface area contributed by atoms with Gasteiger partial charge in [0.1, 0.15) is 11.5 Å². The molecular formula is C13H21NO2. The lowest BCUT2D eigenvalue weighted by Crippen LogP contribution is -2.42. The number of likely N-dealkylation sites (tertiary alicyclic amines) is 1. The van der Waals surface area contributed by atoms with E-state index < -0.39 is 0 Å². The van der Waals surface area contributed by atoms with Gasteiger partial charge in [0.15, 0.2) is 0 Å². The van der Waals surface area contributed by atoms with E-state index in [1.54, 1.807) is 0 Å². The van der Waals surface area contributed by atoms with Crippen molar-refractivity contribution < 1.29 is 9.52 Å². The Morgan fingerprint density at radius 2 is 2.25 bits per heavy atom. The molecular weight excluding hydrogens is 202 g/mol. The summed E-state index contributed by atoms with van der Waals surface area (Å²) in [6, 6.07) is 4.64. The Balaban J connectivity index is 1.96.